The molecule has 1 atom stereocenters. The van der Waals surface area contributed by atoms with Gasteiger partial charge >= 0.3 is 0 Å². The minimum Gasteiger partial charge on any atom is -0.264 e. The van der Waals surface area contributed by atoms with Gasteiger partial charge in [0.25, 0.3) is 0 Å². The fraction of sp³-hybridized carbons (Fsp3) is 0.625. The molecule has 0 aromatic heterocycles. The highest BCUT2D eigenvalue weighted by molar-refractivity contribution is 8.03. The second kappa shape index (κ2) is 3.81. The van der Waals surface area contributed by atoms with Gasteiger partial charge < -0.3 is 0 Å². The number of hydrogen-bond donors (Lipinski definition) is 0. The lowest BCUT2D eigenvalue weighted by Crippen LogP contribution is -2.15. The summed E-state index contributed by atoms with van der Waals surface area (Å²) in [4.78, 5) is 4.32. The van der Waals surface area contributed by atoms with Crippen LogP contribution < -0.4 is 0 Å². The minimum atomic E-state index is 0.648. The first-order valence-corrected chi connectivity index (χ1v) is 4.69. The Hall–Kier alpha value is -0.240. The Morgan fingerprint density at radius 3 is 2.90 bits per heavy atom. The first kappa shape index (κ1) is 7.86. The van der Waals surface area contributed by atoms with Crippen LogP contribution in [0.1, 0.15) is 26.7 Å². The Kier molecular flexibility index (Phi) is 3.00. The van der Waals surface area contributed by atoms with E-state index in [1.165, 1.54) is 12.1 Å². The molecule has 0 saturated heterocycles. The van der Waals surface area contributed by atoms with E-state index in [2.05, 4.69) is 24.2 Å². The first-order chi connectivity index (χ1) is 4.88. The minimum absolute atomic E-state index is 0.648. The molecule has 56 valence electrons. The molecule has 0 aromatic rings. The van der Waals surface area contributed by atoms with Crippen molar-refractivity contribution in [1.29, 1.82) is 0 Å². The second-order valence-corrected chi connectivity index (χ2v) is 3.41. The van der Waals surface area contributed by atoms with E-state index in [0.29, 0.717) is 5.25 Å². The quantitative estimate of drug-likeness (QED) is 0.597. The molecule has 1 unspecified atom stereocenters. The Bertz CT molecular complexity index is 161. The van der Waals surface area contributed by atoms with E-state index in [4.69, 9.17) is 0 Å². The zero-order valence-electron chi connectivity index (χ0n) is 6.50. The van der Waals surface area contributed by atoms with E-state index in [9.17, 15) is 0 Å². The lowest BCUT2D eigenvalue weighted by molar-refractivity contribution is 0.982. The molecule has 0 fully saturated rings. The fourth-order valence-electron chi connectivity index (χ4n) is 1.07. The molecule has 1 nitrogen and oxygen atoms in total. The van der Waals surface area contributed by atoms with Crippen molar-refractivity contribution in [3.05, 3.63) is 11.6 Å². The third-order valence-corrected chi connectivity index (χ3v) is 2.86. The van der Waals surface area contributed by atoms with Crippen molar-refractivity contribution < 1.29 is 0 Å². The summed E-state index contributed by atoms with van der Waals surface area (Å²) >= 11 is 1.88. The van der Waals surface area contributed by atoms with Crippen molar-refractivity contribution in [3.8, 4) is 0 Å². The summed E-state index contributed by atoms with van der Waals surface area (Å²) in [5.41, 5.74) is 1.34. The maximum Gasteiger partial charge on any atom is 0.0470 e. The van der Waals surface area contributed by atoms with E-state index in [-0.39, 0.29) is 0 Å². The third kappa shape index (κ3) is 1.63. The molecule has 1 aliphatic rings. The smallest absolute Gasteiger partial charge is 0.0470 e. The normalized spacial score (nSPS) is 24.6. The molecule has 0 amide bonds. The summed E-state index contributed by atoms with van der Waals surface area (Å²) in [7, 11) is 0. The van der Waals surface area contributed by atoms with Crippen molar-refractivity contribution in [2.75, 3.05) is 0 Å². The van der Waals surface area contributed by atoms with Gasteiger partial charge in [0, 0.05) is 17.2 Å². The van der Waals surface area contributed by atoms with Crippen LogP contribution in [0.3, 0.4) is 0 Å². The SMILES string of the molecule is CCC1=NC=CSC1CC. The van der Waals surface area contributed by atoms with E-state index < -0.39 is 0 Å². The Morgan fingerprint density at radius 2 is 2.40 bits per heavy atom. The van der Waals surface area contributed by atoms with Gasteiger partial charge in [-0.1, -0.05) is 13.8 Å². The van der Waals surface area contributed by atoms with Crippen LogP contribution in [-0.2, 0) is 0 Å². The van der Waals surface area contributed by atoms with Crippen molar-refractivity contribution in [3.63, 3.8) is 0 Å². The van der Waals surface area contributed by atoms with Gasteiger partial charge in [-0.25, -0.2) is 0 Å². The van der Waals surface area contributed by atoms with Crippen LogP contribution in [0.4, 0.5) is 0 Å². The maximum atomic E-state index is 4.32. The summed E-state index contributed by atoms with van der Waals surface area (Å²) in [6.07, 6.45) is 4.19. The highest BCUT2D eigenvalue weighted by atomic mass is 32.2. The zero-order valence-corrected chi connectivity index (χ0v) is 7.32. The Labute approximate surface area is 66.6 Å². The van der Waals surface area contributed by atoms with Crippen LogP contribution >= 0.6 is 11.8 Å². The largest absolute Gasteiger partial charge is 0.264 e. The Balaban J connectivity index is 2.61. The number of nitrogens with zero attached hydrogens (tertiary/aromatic N) is 1. The molecular weight excluding hydrogens is 142 g/mol. The Morgan fingerprint density at radius 1 is 1.60 bits per heavy atom. The summed E-state index contributed by atoms with van der Waals surface area (Å²) in [6.45, 7) is 4.38. The van der Waals surface area contributed by atoms with Gasteiger partial charge in [-0.2, -0.15) is 0 Å². The van der Waals surface area contributed by atoms with Crippen LogP contribution in [0, 0.1) is 0 Å². The molecule has 0 aliphatic carbocycles. The van der Waals surface area contributed by atoms with E-state index in [1.54, 1.807) is 0 Å². The predicted octanol–water partition coefficient (Wildman–Crippen LogP) is 2.83. The summed E-state index contributed by atoms with van der Waals surface area (Å²) in [5, 5.41) is 2.72. The molecule has 0 saturated carbocycles. The monoisotopic (exact) mass is 155 g/mol. The van der Waals surface area contributed by atoms with E-state index >= 15 is 0 Å². The van der Waals surface area contributed by atoms with Crippen molar-refractivity contribution >= 4 is 17.5 Å². The fourth-order valence-corrected chi connectivity index (χ4v) is 1.97. The van der Waals surface area contributed by atoms with Gasteiger partial charge in [-0.3, -0.25) is 4.99 Å². The number of hydrogen-bond acceptors (Lipinski definition) is 2. The molecule has 0 radical (unpaired) electrons. The van der Waals surface area contributed by atoms with Crippen molar-refractivity contribution in [2.24, 2.45) is 4.99 Å². The van der Waals surface area contributed by atoms with Crippen LogP contribution in [0.15, 0.2) is 16.6 Å². The summed E-state index contributed by atoms with van der Waals surface area (Å²) in [5.74, 6) is 0. The second-order valence-electron chi connectivity index (χ2n) is 2.29. The van der Waals surface area contributed by atoms with Gasteiger partial charge in [-0.15, -0.1) is 11.8 Å². The predicted molar refractivity (Wildman–Crippen MR) is 48.5 cm³/mol. The van der Waals surface area contributed by atoms with Crippen LogP contribution in [0.2, 0.25) is 0 Å². The average molecular weight is 155 g/mol. The van der Waals surface area contributed by atoms with E-state index in [1.807, 2.05) is 18.0 Å². The molecular formula is C8H13NS. The molecule has 0 spiro atoms. The molecule has 2 heteroatoms. The number of thioether (sulfide) groups is 1. The number of rotatable bonds is 2. The van der Waals surface area contributed by atoms with E-state index in [0.717, 1.165) is 6.42 Å². The van der Waals surface area contributed by atoms with Crippen LogP contribution in [0.25, 0.3) is 0 Å². The highest BCUT2D eigenvalue weighted by Crippen LogP contribution is 2.22. The number of aliphatic imine (C=N–C) groups is 1. The third-order valence-electron chi connectivity index (χ3n) is 1.65. The highest BCUT2D eigenvalue weighted by Gasteiger charge is 2.12. The van der Waals surface area contributed by atoms with Gasteiger partial charge in [0.15, 0.2) is 0 Å². The molecule has 0 aromatic carbocycles. The van der Waals surface area contributed by atoms with Crippen molar-refractivity contribution in [2.45, 2.75) is 31.9 Å². The first-order valence-electron chi connectivity index (χ1n) is 3.75. The van der Waals surface area contributed by atoms with Gasteiger partial charge in [0.1, 0.15) is 0 Å². The van der Waals surface area contributed by atoms with Gasteiger partial charge in [0.05, 0.1) is 0 Å². The van der Waals surface area contributed by atoms with Gasteiger partial charge in [-0.05, 0) is 18.2 Å². The lowest BCUT2D eigenvalue weighted by Gasteiger charge is -2.15. The molecule has 0 bridgehead atoms. The molecule has 0 N–H and O–H groups in total. The molecule has 1 aliphatic heterocycles. The molecule has 1 rings (SSSR count). The summed E-state index contributed by atoms with van der Waals surface area (Å²) < 4.78 is 0. The van der Waals surface area contributed by atoms with Gasteiger partial charge in [0.2, 0.25) is 0 Å². The average Bonchev–Trinajstić information content (AvgIpc) is 2.04. The molecule has 10 heavy (non-hydrogen) atoms. The maximum absolute atomic E-state index is 4.32. The standard InChI is InChI=1S/C8H13NS/c1-3-7-8(4-2)10-6-5-9-7/h5-6,8H,3-4H2,1-2H3. The van der Waals surface area contributed by atoms with Crippen molar-refractivity contribution in [1.82, 2.24) is 0 Å². The van der Waals surface area contributed by atoms with Crippen LogP contribution in [0.5, 0.6) is 0 Å². The zero-order chi connectivity index (χ0) is 7.40. The lowest BCUT2D eigenvalue weighted by atomic mass is 10.2. The summed E-state index contributed by atoms with van der Waals surface area (Å²) in [6, 6.07) is 0. The molecule has 1 heterocycles. The van der Waals surface area contributed by atoms with Crippen LogP contribution in [-0.4, -0.2) is 11.0 Å². The topological polar surface area (TPSA) is 12.4 Å².